The molecule has 0 radical (unpaired) electrons. The van der Waals surface area contributed by atoms with Gasteiger partial charge in [0.2, 0.25) is 5.91 Å². The van der Waals surface area contributed by atoms with Crippen molar-refractivity contribution in [1.82, 2.24) is 24.3 Å². The van der Waals surface area contributed by atoms with Crippen LogP contribution >= 0.6 is 0 Å². The van der Waals surface area contributed by atoms with E-state index in [9.17, 15) is 19.5 Å². The van der Waals surface area contributed by atoms with Crippen LogP contribution in [-0.2, 0) is 11.2 Å². The first kappa shape index (κ1) is 28.2. The monoisotopic (exact) mass is 552 g/mol. The molecule has 12 nitrogen and oxygen atoms in total. The highest BCUT2D eigenvalue weighted by molar-refractivity contribution is 5.89. The Morgan fingerprint density at radius 2 is 1.70 bits per heavy atom. The van der Waals surface area contributed by atoms with Crippen molar-refractivity contribution in [3.63, 3.8) is 0 Å². The minimum atomic E-state index is -0.951. The standard InChI is InChI=1S/C28H40N8O4/c1-28(2,30)25(38)34-11-13-35(14-12-34)26(39)31-23-8-10-36(27(40)32-23)19-5-3-18(4-6-19)7-9-33-15-20-21(16-33)24(20)22(29)17-37/h3-6,8,10,20-22,24,37H,7,9,11-17,29-30H2,1-2H3,(H,31,32,39,40)/t20-,21?,22?,24?/m0/s1. The molecule has 0 spiro atoms. The van der Waals surface area contributed by atoms with E-state index in [4.69, 9.17) is 11.5 Å². The molecule has 3 amide bonds. The van der Waals surface area contributed by atoms with Gasteiger partial charge < -0.3 is 31.3 Å². The first-order valence-electron chi connectivity index (χ1n) is 14.0. The Bertz CT molecular complexity index is 1270. The average molecular weight is 553 g/mol. The summed E-state index contributed by atoms with van der Waals surface area (Å²) < 4.78 is 1.44. The summed E-state index contributed by atoms with van der Waals surface area (Å²) in [4.78, 5) is 47.5. The van der Waals surface area contributed by atoms with E-state index < -0.39 is 11.2 Å². The molecule has 40 heavy (non-hydrogen) atoms. The number of likely N-dealkylation sites (tertiary alicyclic amines) is 1. The molecule has 12 heteroatoms. The minimum absolute atomic E-state index is 0.0659. The number of fused-ring (bicyclic) bond motifs is 1. The molecular formula is C28H40N8O4. The molecule has 2 saturated heterocycles. The van der Waals surface area contributed by atoms with Gasteiger partial charge >= 0.3 is 11.7 Å². The predicted molar refractivity (Wildman–Crippen MR) is 151 cm³/mol. The van der Waals surface area contributed by atoms with Crippen molar-refractivity contribution in [2.45, 2.75) is 31.8 Å². The van der Waals surface area contributed by atoms with Crippen LogP contribution in [0.3, 0.4) is 0 Å². The summed E-state index contributed by atoms with van der Waals surface area (Å²) in [6.07, 6.45) is 2.52. The molecular weight excluding hydrogens is 512 g/mol. The summed E-state index contributed by atoms with van der Waals surface area (Å²) in [5.74, 6) is 1.76. The van der Waals surface area contributed by atoms with E-state index in [0.29, 0.717) is 49.6 Å². The number of hydrogen-bond acceptors (Lipinski definition) is 8. The molecule has 1 aromatic heterocycles. The third-order valence-electron chi connectivity index (χ3n) is 8.42. The lowest BCUT2D eigenvalue weighted by molar-refractivity contribution is -0.137. The number of hydrogen-bond donors (Lipinski definition) is 4. The van der Waals surface area contributed by atoms with Crippen LogP contribution in [0.25, 0.3) is 5.69 Å². The Morgan fingerprint density at radius 3 is 2.27 bits per heavy atom. The number of anilines is 1. The van der Waals surface area contributed by atoms with Gasteiger partial charge in [-0.15, -0.1) is 0 Å². The topological polar surface area (TPSA) is 163 Å². The largest absolute Gasteiger partial charge is 0.395 e. The molecule has 1 aromatic carbocycles. The Kier molecular flexibility index (Phi) is 7.96. The van der Waals surface area contributed by atoms with E-state index in [2.05, 4.69) is 15.2 Å². The van der Waals surface area contributed by atoms with Crippen LogP contribution in [0.4, 0.5) is 10.6 Å². The lowest BCUT2D eigenvalue weighted by atomic mass is 10.1. The summed E-state index contributed by atoms with van der Waals surface area (Å²) >= 11 is 0. The zero-order valence-corrected chi connectivity index (χ0v) is 23.2. The SMILES string of the molecule is CC(C)(N)C(=O)N1CCN(C(=O)Nc2ccn(-c3ccc(CCN4CC5C(C(N)CO)[C@H]5C4)cc3)c(=O)n2)CC1. The number of piperidine rings is 1. The van der Waals surface area contributed by atoms with Crippen molar-refractivity contribution in [2.75, 3.05) is 57.7 Å². The third-order valence-corrected chi connectivity index (χ3v) is 8.42. The number of piperazine rings is 1. The van der Waals surface area contributed by atoms with Crippen molar-refractivity contribution in [1.29, 1.82) is 0 Å². The van der Waals surface area contributed by atoms with Crippen molar-refractivity contribution in [2.24, 2.45) is 29.2 Å². The van der Waals surface area contributed by atoms with Gasteiger partial charge in [0.15, 0.2) is 0 Å². The molecule has 216 valence electrons. The van der Waals surface area contributed by atoms with Gasteiger partial charge in [0.1, 0.15) is 5.82 Å². The van der Waals surface area contributed by atoms with Crippen molar-refractivity contribution < 1.29 is 14.7 Å². The first-order valence-corrected chi connectivity index (χ1v) is 14.0. The van der Waals surface area contributed by atoms with E-state index in [1.165, 1.54) is 10.1 Å². The highest BCUT2D eigenvalue weighted by atomic mass is 16.3. The second-order valence-corrected chi connectivity index (χ2v) is 11.8. The van der Waals surface area contributed by atoms with Crippen LogP contribution in [0.2, 0.25) is 0 Å². The highest BCUT2D eigenvalue weighted by Crippen LogP contribution is 2.52. The molecule has 3 unspecified atom stereocenters. The summed E-state index contributed by atoms with van der Waals surface area (Å²) in [5, 5.41) is 12.0. The van der Waals surface area contributed by atoms with Gasteiger partial charge in [-0.1, -0.05) is 12.1 Å². The lowest BCUT2D eigenvalue weighted by Gasteiger charge is -2.37. The fourth-order valence-corrected chi connectivity index (χ4v) is 6.09. The van der Waals surface area contributed by atoms with Crippen molar-refractivity contribution in [3.05, 3.63) is 52.6 Å². The lowest BCUT2D eigenvalue weighted by Crippen LogP contribution is -2.58. The maximum absolute atomic E-state index is 12.7. The second kappa shape index (κ2) is 11.3. The maximum Gasteiger partial charge on any atom is 0.354 e. The number of nitrogens with two attached hydrogens (primary N) is 2. The van der Waals surface area contributed by atoms with Gasteiger partial charge in [-0.05, 0) is 61.8 Å². The Morgan fingerprint density at radius 1 is 1.07 bits per heavy atom. The van der Waals surface area contributed by atoms with Gasteiger partial charge in [-0.25, -0.2) is 9.59 Å². The van der Waals surface area contributed by atoms with Crippen LogP contribution in [0.5, 0.6) is 0 Å². The number of amides is 3. The minimum Gasteiger partial charge on any atom is -0.395 e. The zero-order chi connectivity index (χ0) is 28.6. The number of rotatable bonds is 8. The molecule has 1 aliphatic carbocycles. The van der Waals surface area contributed by atoms with Gasteiger partial charge in [-0.3, -0.25) is 14.7 Å². The van der Waals surface area contributed by atoms with Crippen LogP contribution in [0.15, 0.2) is 41.3 Å². The second-order valence-electron chi connectivity index (χ2n) is 11.8. The molecule has 2 aliphatic heterocycles. The van der Waals surface area contributed by atoms with Crippen LogP contribution < -0.4 is 22.5 Å². The van der Waals surface area contributed by atoms with Gasteiger partial charge in [0.05, 0.1) is 17.8 Å². The van der Waals surface area contributed by atoms with Crippen LogP contribution in [-0.4, -0.2) is 105 Å². The van der Waals surface area contributed by atoms with E-state index >= 15 is 0 Å². The van der Waals surface area contributed by atoms with Crippen molar-refractivity contribution >= 4 is 17.8 Å². The van der Waals surface area contributed by atoms with E-state index in [1.54, 1.807) is 35.9 Å². The summed E-state index contributed by atoms with van der Waals surface area (Å²) in [6, 6.07) is 8.99. The summed E-state index contributed by atoms with van der Waals surface area (Å²) in [6.45, 7) is 8.01. The quantitative estimate of drug-likeness (QED) is 0.346. The number of nitrogens with one attached hydrogen (secondary N) is 1. The van der Waals surface area contributed by atoms with Crippen LogP contribution in [0.1, 0.15) is 19.4 Å². The number of carbonyl (C=O) groups excluding carboxylic acids is 2. The first-order chi connectivity index (χ1) is 19.0. The molecule has 3 heterocycles. The summed E-state index contributed by atoms with van der Waals surface area (Å²) in [7, 11) is 0. The van der Waals surface area contributed by atoms with E-state index in [1.807, 2.05) is 24.3 Å². The molecule has 0 bridgehead atoms. The Hall–Kier alpha value is -3.32. The Balaban J connectivity index is 1.10. The normalized spacial score (nSPS) is 23.6. The molecule has 3 aliphatic rings. The molecule has 3 fully saturated rings. The highest BCUT2D eigenvalue weighted by Gasteiger charge is 2.57. The number of nitrogens with zero attached hydrogens (tertiary/aromatic N) is 5. The molecule has 2 aromatic rings. The van der Waals surface area contributed by atoms with E-state index in [-0.39, 0.29) is 30.4 Å². The zero-order valence-electron chi connectivity index (χ0n) is 23.2. The smallest absolute Gasteiger partial charge is 0.354 e. The Labute approximate surface area is 233 Å². The van der Waals surface area contributed by atoms with Gasteiger partial charge in [0, 0.05) is 58.1 Å². The average Bonchev–Trinajstić information content (AvgIpc) is 3.44. The predicted octanol–water partition coefficient (Wildman–Crippen LogP) is -0.314. The number of benzene rings is 1. The van der Waals surface area contributed by atoms with Gasteiger partial charge in [-0.2, -0.15) is 4.98 Å². The molecule has 6 N–H and O–H groups in total. The van der Waals surface area contributed by atoms with Gasteiger partial charge in [0.25, 0.3) is 0 Å². The fraction of sp³-hybridized carbons (Fsp3) is 0.571. The van der Waals surface area contributed by atoms with E-state index in [0.717, 1.165) is 26.1 Å². The number of carbonyl (C=O) groups is 2. The fourth-order valence-electron chi connectivity index (χ4n) is 6.09. The molecule has 1 saturated carbocycles. The summed E-state index contributed by atoms with van der Waals surface area (Å²) in [5.41, 5.74) is 12.4. The number of aromatic nitrogens is 2. The number of aliphatic hydroxyl groups is 1. The number of urea groups is 1. The number of aliphatic hydroxyl groups excluding tert-OH is 1. The van der Waals surface area contributed by atoms with Crippen molar-refractivity contribution in [3.8, 4) is 5.69 Å². The molecule has 4 atom stereocenters. The third kappa shape index (κ3) is 6.04. The molecule has 5 rings (SSSR count). The van der Waals surface area contributed by atoms with Crippen LogP contribution in [0, 0.1) is 17.8 Å². The maximum atomic E-state index is 12.7.